The van der Waals surface area contributed by atoms with E-state index in [4.69, 9.17) is 11.5 Å². The van der Waals surface area contributed by atoms with E-state index in [9.17, 15) is 9.90 Å². The minimum atomic E-state index is -0.581. The first-order valence-corrected chi connectivity index (χ1v) is 6.08. The Bertz CT molecular complexity index is 450. The summed E-state index contributed by atoms with van der Waals surface area (Å²) in [7, 11) is 0. The molecule has 1 aliphatic rings. The van der Waals surface area contributed by atoms with Crippen LogP contribution in [0.15, 0.2) is 12.3 Å². The average molecular weight is 250 g/mol. The minimum Gasteiger partial charge on any atom is -0.397 e. The molecule has 2 atom stereocenters. The quantitative estimate of drug-likeness (QED) is 0.623. The number of primary amides is 1. The van der Waals surface area contributed by atoms with Crippen molar-refractivity contribution in [1.82, 2.24) is 4.98 Å². The Labute approximate surface area is 105 Å². The number of nitrogen functional groups attached to an aromatic ring is 1. The van der Waals surface area contributed by atoms with Crippen molar-refractivity contribution in [2.24, 2.45) is 5.73 Å². The van der Waals surface area contributed by atoms with E-state index >= 15 is 0 Å². The van der Waals surface area contributed by atoms with Crippen LogP contribution < -0.4 is 16.8 Å². The SMILES string of the molecule is NC(=O)c1cc(N)cnc1NC1CCCCC1O. The highest BCUT2D eigenvalue weighted by atomic mass is 16.3. The van der Waals surface area contributed by atoms with Gasteiger partial charge in [0.05, 0.1) is 29.6 Å². The predicted molar refractivity (Wildman–Crippen MR) is 69.1 cm³/mol. The monoisotopic (exact) mass is 250 g/mol. The first-order valence-electron chi connectivity index (χ1n) is 6.08. The van der Waals surface area contributed by atoms with Crippen LogP contribution in [0.4, 0.5) is 11.5 Å². The zero-order chi connectivity index (χ0) is 13.1. The van der Waals surface area contributed by atoms with Gasteiger partial charge < -0.3 is 21.9 Å². The van der Waals surface area contributed by atoms with Crippen molar-refractivity contribution in [2.75, 3.05) is 11.1 Å². The van der Waals surface area contributed by atoms with Crippen LogP contribution in [0, 0.1) is 0 Å². The van der Waals surface area contributed by atoms with Gasteiger partial charge in [0, 0.05) is 0 Å². The van der Waals surface area contributed by atoms with Crippen molar-refractivity contribution in [2.45, 2.75) is 37.8 Å². The molecule has 18 heavy (non-hydrogen) atoms. The van der Waals surface area contributed by atoms with Crippen LogP contribution in [0.25, 0.3) is 0 Å². The summed E-state index contributed by atoms with van der Waals surface area (Å²) in [6, 6.07) is 1.40. The topological polar surface area (TPSA) is 114 Å². The molecule has 0 spiro atoms. The molecule has 1 aromatic heterocycles. The smallest absolute Gasteiger partial charge is 0.252 e. The number of amides is 1. The number of nitrogens with zero attached hydrogens (tertiary/aromatic N) is 1. The number of aliphatic hydroxyl groups is 1. The van der Waals surface area contributed by atoms with Gasteiger partial charge in [0.25, 0.3) is 5.91 Å². The molecule has 1 aromatic rings. The van der Waals surface area contributed by atoms with Gasteiger partial charge in [-0.05, 0) is 18.9 Å². The molecular weight excluding hydrogens is 232 g/mol. The highest BCUT2D eigenvalue weighted by Gasteiger charge is 2.24. The maximum atomic E-state index is 11.3. The summed E-state index contributed by atoms with van der Waals surface area (Å²) in [5.41, 5.74) is 11.5. The number of aliphatic hydroxyl groups excluding tert-OH is 1. The number of nitrogens with two attached hydrogens (primary N) is 2. The molecule has 0 radical (unpaired) electrons. The number of anilines is 2. The molecule has 1 aliphatic carbocycles. The molecule has 0 aliphatic heterocycles. The van der Waals surface area contributed by atoms with E-state index in [0.29, 0.717) is 11.5 Å². The lowest BCUT2D eigenvalue weighted by Crippen LogP contribution is -2.37. The van der Waals surface area contributed by atoms with Gasteiger partial charge in [-0.15, -0.1) is 0 Å². The normalized spacial score (nSPS) is 23.6. The predicted octanol–water partition coefficient (Wildman–Crippen LogP) is 0.478. The van der Waals surface area contributed by atoms with E-state index in [0.717, 1.165) is 25.7 Å². The van der Waals surface area contributed by atoms with Crippen LogP contribution in [-0.4, -0.2) is 28.1 Å². The number of pyridine rings is 1. The Morgan fingerprint density at radius 1 is 1.44 bits per heavy atom. The van der Waals surface area contributed by atoms with Gasteiger partial charge in [-0.25, -0.2) is 4.98 Å². The lowest BCUT2D eigenvalue weighted by molar-refractivity contribution is 0.0998. The summed E-state index contributed by atoms with van der Waals surface area (Å²) in [5, 5.41) is 13.0. The molecule has 0 aromatic carbocycles. The summed E-state index contributed by atoms with van der Waals surface area (Å²) in [4.78, 5) is 15.4. The molecule has 6 heteroatoms. The van der Waals surface area contributed by atoms with E-state index in [-0.39, 0.29) is 11.6 Å². The van der Waals surface area contributed by atoms with Crippen LogP contribution in [0.3, 0.4) is 0 Å². The van der Waals surface area contributed by atoms with Crippen LogP contribution in [-0.2, 0) is 0 Å². The van der Waals surface area contributed by atoms with Crippen molar-refractivity contribution >= 4 is 17.4 Å². The van der Waals surface area contributed by atoms with Crippen molar-refractivity contribution < 1.29 is 9.90 Å². The van der Waals surface area contributed by atoms with E-state index in [2.05, 4.69) is 10.3 Å². The van der Waals surface area contributed by atoms with Crippen molar-refractivity contribution in [1.29, 1.82) is 0 Å². The Morgan fingerprint density at radius 2 is 2.17 bits per heavy atom. The molecule has 2 rings (SSSR count). The Kier molecular flexibility index (Phi) is 3.66. The standard InChI is InChI=1S/C12H18N4O2/c13-7-5-8(11(14)18)12(15-6-7)16-9-3-1-2-4-10(9)17/h5-6,9-10,17H,1-4,13H2,(H2,14,18)(H,15,16). The second-order valence-corrected chi connectivity index (χ2v) is 4.63. The van der Waals surface area contributed by atoms with E-state index in [1.807, 2.05) is 0 Å². The molecule has 6 N–H and O–H groups in total. The van der Waals surface area contributed by atoms with Gasteiger partial charge in [0.1, 0.15) is 5.82 Å². The summed E-state index contributed by atoms with van der Waals surface area (Å²) < 4.78 is 0. The third kappa shape index (κ3) is 2.70. The fourth-order valence-electron chi connectivity index (χ4n) is 2.24. The number of hydrogen-bond acceptors (Lipinski definition) is 5. The van der Waals surface area contributed by atoms with Crippen molar-refractivity contribution in [3.05, 3.63) is 17.8 Å². The highest BCUT2D eigenvalue weighted by molar-refractivity contribution is 5.98. The molecule has 1 heterocycles. The van der Waals surface area contributed by atoms with Crippen LogP contribution >= 0.6 is 0 Å². The third-order valence-electron chi connectivity index (χ3n) is 3.23. The molecular formula is C12H18N4O2. The van der Waals surface area contributed by atoms with Crippen LogP contribution in [0.2, 0.25) is 0 Å². The van der Waals surface area contributed by atoms with Gasteiger partial charge in [-0.1, -0.05) is 12.8 Å². The first-order chi connectivity index (χ1) is 8.58. The van der Waals surface area contributed by atoms with Crippen LogP contribution in [0.1, 0.15) is 36.0 Å². The number of rotatable bonds is 3. The lowest BCUT2D eigenvalue weighted by atomic mass is 9.92. The van der Waals surface area contributed by atoms with Gasteiger partial charge >= 0.3 is 0 Å². The zero-order valence-corrected chi connectivity index (χ0v) is 10.1. The Balaban J connectivity index is 2.20. The minimum absolute atomic E-state index is 0.0898. The second-order valence-electron chi connectivity index (χ2n) is 4.63. The Hall–Kier alpha value is -1.82. The van der Waals surface area contributed by atoms with Gasteiger partial charge in [-0.2, -0.15) is 0 Å². The maximum Gasteiger partial charge on any atom is 0.252 e. The van der Waals surface area contributed by atoms with Crippen LogP contribution in [0.5, 0.6) is 0 Å². The van der Waals surface area contributed by atoms with Gasteiger partial charge in [0.15, 0.2) is 0 Å². The van der Waals surface area contributed by atoms with E-state index in [1.165, 1.54) is 12.3 Å². The summed E-state index contributed by atoms with van der Waals surface area (Å²) in [5.74, 6) is -0.190. The summed E-state index contributed by atoms with van der Waals surface area (Å²) in [6.45, 7) is 0. The molecule has 98 valence electrons. The summed E-state index contributed by atoms with van der Waals surface area (Å²) >= 11 is 0. The maximum absolute atomic E-state index is 11.3. The molecule has 1 amide bonds. The first kappa shape index (κ1) is 12.6. The Morgan fingerprint density at radius 3 is 2.83 bits per heavy atom. The van der Waals surface area contributed by atoms with E-state index in [1.54, 1.807) is 0 Å². The van der Waals surface area contributed by atoms with Gasteiger partial charge in [0.2, 0.25) is 0 Å². The van der Waals surface area contributed by atoms with Crippen molar-refractivity contribution in [3.63, 3.8) is 0 Å². The third-order valence-corrected chi connectivity index (χ3v) is 3.23. The number of carbonyl (C=O) groups excluding carboxylic acids is 1. The fraction of sp³-hybridized carbons (Fsp3) is 0.500. The zero-order valence-electron chi connectivity index (χ0n) is 10.1. The largest absolute Gasteiger partial charge is 0.397 e. The highest BCUT2D eigenvalue weighted by Crippen LogP contribution is 2.23. The molecule has 1 saturated carbocycles. The lowest BCUT2D eigenvalue weighted by Gasteiger charge is -2.29. The molecule has 1 fully saturated rings. The average Bonchev–Trinajstić information content (AvgIpc) is 2.34. The number of carbonyl (C=O) groups is 1. The second kappa shape index (κ2) is 5.22. The molecule has 0 saturated heterocycles. The molecule has 0 bridgehead atoms. The number of hydrogen-bond donors (Lipinski definition) is 4. The van der Waals surface area contributed by atoms with E-state index < -0.39 is 12.0 Å². The number of aromatic nitrogens is 1. The molecule has 2 unspecified atom stereocenters. The van der Waals surface area contributed by atoms with Crippen molar-refractivity contribution in [3.8, 4) is 0 Å². The molecule has 6 nitrogen and oxygen atoms in total. The summed E-state index contributed by atoms with van der Waals surface area (Å²) in [6.07, 6.45) is 4.74. The number of nitrogens with one attached hydrogen (secondary N) is 1. The van der Waals surface area contributed by atoms with Gasteiger partial charge in [-0.3, -0.25) is 4.79 Å². The fourth-order valence-corrected chi connectivity index (χ4v) is 2.24.